The lowest BCUT2D eigenvalue weighted by Gasteiger charge is -2.28. The lowest BCUT2D eigenvalue weighted by atomic mass is 9.97. The number of nitrogens with zero attached hydrogens (tertiary/aromatic N) is 3. The second-order valence-electron chi connectivity index (χ2n) is 10.3. The largest absolute Gasteiger partial charge is 0.494 e. The Kier molecular flexibility index (Phi) is 8.98. The maximum atomic E-state index is 13.1. The number of aromatic nitrogens is 3. The molecule has 0 aliphatic rings. The van der Waals surface area contributed by atoms with Crippen LogP contribution in [0.2, 0.25) is 0 Å². The van der Waals surface area contributed by atoms with Crippen molar-refractivity contribution in [2.75, 3.05) is 11.9 Å². The Morgan fingerprint density at radius 3 is 2.53 bits per heavy atom. The van der Waals surface area contributed by atoms with Crippen molar-refractivity contribution in [2.45, 2.75) is 81.6 Å². The van der Waals surface area contributed by atoms with E-state index in [1.165, 1.54) is 18.3 Å². The average Bonchev–Trinajstić information content (AvgIpc) is 3.25. The van der Waals surface area contributed by atoms with Crippen molar-refractivity contribution >= 4 is 38.2 Å². The van der Waals surface area contributed by atoms with Gasteiger partial charge in [0.25, 0.3) is 0 Å². The van der Waals surface area contributed by atoms with E-state index in [2.05, 4.69) is 25.6 Å². The van der Waals surface area contributed by atoms with E-state index in [1.54, 1.807) is 25.1 Å². The molecule has 3 rings (SSSR count). The number of benzene rings is 1. The van der Waals surface area contributed by atoms with Crippen LogP contribution in [0.15, 0.2) is 45.6 Å². The highest BCUT2D eigenvalue weighted by Gasteiger charge is 2.25. The van der Waals surface area contributed by atoms with E-state index in [-0.39, 0.29) is 9.10 Å². The number of hydrogen-bond donors (Lipinski definition) is 2. The molecule has 0 saturated carbocycles. The maximum Gasteiger partial charge on any atom is 0.408 e. The van der Waals surface area contributed by atoms with Gasteiger partial charge in [0.15, 0.2) is 5.13 Å². The Bertz CT molecular complexity index is 1380. The van der Waals surface area contributed by atoms with Crippen molar-refractivity contribution in [1.82, 2.24) is 20.3 Å². The topological polar surface area (TPSA) is 132 Å². The molecule has 12 heteroatoms. The molecule has 38 heavy (non-hydrogen) atoms. The molecule has 0 aliphatic carbocycles. The first-order valence-electron chi connectivity index (χ1n) is 12.2. The van der Waals surface area contributed by atoms with Crippen molar-refractivity contribution in [2.24, 2.45) is 0 Å². The predicted molar refractivity (Wildman–Crippen MR) is 147 cm³/mol. The molecule has 0 spiro atoms. The van der Waals surface area contributed by atoms with Gasteiger partial charge in [-0.3, -0.25) is 0 Å². The molecule has 1 amide bonds. The zero-order chi connectivity index (χ0) is 28.1. The number of nitrogens with one attached hydrogen (secondary N) is 2. The molecule has 2 aromatic heterocycles. The third-order valence-electron chi connectivity index (χ3n) is 5.15. The van der Waals surface area contributed by atoms with Crippen LogP contribution in [-0.2, 0) is 21.0 Å². The molecule has 206 valence electrons. The van der Waals surface area contributed by atoms with Gasteiger partial charge in [0.1, 0.15) is 27.2 Å². The third kappa shape index (κ3) is 8.38. The number of carbonyl (C=O) groups excluding carboxylic acids is 1. The average molecular weight is 562 g/mol. The number of aryl methyl sites for hydroxylation is 2. The van der Waals surface area contributed by atoms with Gasteiger partial charge in [0, 0.05) is 17.3 Å². The lowest BCUT2D eigenvalue weighted by Crippen LogP contribution is -2.46. The summed E-state index contributed by atoms with van der Waals surface area (Å²) in [5, 5.41) is 6.38. The minimum Gasteiger partial charge on any atom is -0.494 e. The SMILES string of the molecule is CCOc1cccc(S(=O)(=O)c2cnc(Nc3cc(CCC(C)(C)NC(=O)OC(C)(C)C)nc(C)n3)s2)c1. The molecule has 0 radical (unpaired) electrons. The van der Waals surface area contributed by atoms with Gasteiger partial charge in [-0.2, -0.15) is 0 Å². The van der Waals surface area contributed by atoms with Crippen LogP contribution in [0, 0.1) is 6.92 Å². The zero-order valence-corrected chi connectivity index (χ0v) is 24.4. The molecule has 1 aromatic carbocycles. The van der Waals surface area contributed by atoms with Gasteiger partial charge in [0.2, 0.25) is 9.84 Å². The molecule has 2 N–H and O–H groups in total. The Morgan fingerprint density at radius 1 is 1.11 bits per heavy atom. The summed E-state index contributed by atoms with van der Waals surface area (Å²) in [5.74, 6) is 1.55. The van der Waals surface area contributed by atoms with Gasteiger partial charge in [-0.1, -0.05) is 17.4 Å². The molecule has 3 aromatic rings. The van der Waals surface area contributed by atoms with Crippen LogP contribution in [-0.4, -0.2) is 47.2 Å². The van der Waals surface area contributed by atoms with Crippen LogP contribution < -0.4 is 15.4 Å². The molecule has 0 atom stereocenters. The number of rotatable bonds is 10. The second-order valence-corrected chi connectivity index (χ2v) is 13.5. The first-order chi connectivity index (χ1) is 17.7. The molecule has 0 aliphatic heterocycles. The van der Waals surface area contributed by atoms with Crippen molar-refractivity contribution in [3.05, 3.63) is 48.0 Å². The Hall–Kier alpha value is -3.25. The number of hydrogen-bond acceptors (Lipinski definition) is 10. The lowest BCUT2D eigenvalue weighted by molar-refractivity contribution is 0.0468. The van der Waals surface area contributed by atoms with Gasteiger partial charge in [-0.05, 0) is 79.5 Å². The molecule has 10 nitrogen and oxygen atoms in total. The van der Waals surface area contributed by atoms with Crippen LogP contribution in [0.1, 0.15) is 59.5 Å². The highest BCUT2D eigenvalue weighted by Crippen LogP contribution is 2.31. The van der Waals surface area contributed by atoms with E-state index in [0.717, 1.165) is 17.0 Å². The maximum absolute atomic E-state index is 13.1. The van der Waals surface area contributed by atoms with E-state index in [9.17, 15) is 13.2 Å². The van der Waals surface area contributed by atoms with Gasteiger partial charge in [-0.15, -0.1) is 0 Å². The zero-order valence-electron chi connectivity index (χ0n) is 22.8. The van der Waals surface area contributed by atoms with Gasteiger partial charge >= 0.3 is 6.09 Å². The Labute approximate surface area is 228 Å². The number of sulfone groups is 1. The van der Waals surface area contributed by atoms with E-state index < -0.39 is 27.1 Å². The predicted octanol–water partition coefficient (Wildman–Crippen LogP) is 5.45. The van der Waals surface area contributed by atoms with Gasteiger partial charge < -0.3 is 20.1 Å². The van der Waals surface area contributed by atoms with Crippen LogP contribution >= 0.6 is 11.3 Å². The summed E-state index contributed by atoms with van der Waals surface area (Å²) in [6.45, 7) is 13.4. The van der Waals surface area contributed by atoms with Crippen molar-refractivity contribution in [1.29, 1.82) is 0 Å². The normalized spacial score (nSPS) is 12.2. The first kappa shape index (κ1) is 29.3. The summed E-state index contributed by atoms with van der Waals surface area (Å²) >= 11 is 1.02. The number of amides is 1. The molecular formula is C26H35N5O5S2. The number of anilines is 2. The molecule has 0 saturated heterocycles. The molecule has 0 unspecified atom stereocenters. The van der Waals surface area contributed by atoms with Crippen LogP contribution in [0.3, 0.4) is 0 Å². The Balaban J connectivity index is 1.70. The van der Waals surface area contributed by atoms with Crippen molar-refractivity contribution in [3.8, 4) is 5.75 Å². The van der Waals surface area contributed by atoms with Gasteiger partial charge in [-0.25, -0.2) is 28.2 Å². The van der Waals surface area contributed by atoms with E-state index in [0.29, 0.717) is 42.0 Å². The molecular weight excluding hydrogens is 526 g/mol. The third-order valence-corrected chi connectivity index (χ3v) is 8.27. The van der Waals surface area contributed by atoms with Crippen molar-refractivity contribution < 1.29 is 22.7 Å². The summed E-state index contributed by atoms with van der Waals surface area (Å²) < 4.78 is 37.1. The Morgan fingerprint density at radius 2 is 1.84 bits per heavy atom. The second kappa shape index (κ2) is 11.6. The molecule has 0 fully saturated rings. The summed E-state index contributed by atoms with van der Waals surface area (Å²) in [6.07, 6.45) is 2.05. The quantitative estimate of drug-likeness (QED) is 0.331. The minimum atomic E-state index is -3.76. The number of alkyl carbamates (subject to hydrolysis) is 1. The van der Waals surface area contributed by atoms with Gasteiger partial charge in [0.05, 0.1) is 17.7 Å². The molecule has 2 heterocycles. The fraction of sp³-hybridized carbons (Fsp3) is 0.462. The summed E-state index contributed by atoms with van der Waals surface area (Å²) in [5.41, 5.74) is -0.323. The summed E-state index contributed by atoms with van der Waals surface area (Å²) in [4.78, 5) is 25.5. The van der Waals surface area contributed by atoms with Crippen LogP contribution in [0.4, 0.5) is 15.7 Å². The number of thiazole rings is 1. The van der Waals surface area contributed by atoms with E-state index >= 15 is 0 Å². The van der Waals surface area contributed by atoms with Crippen LogP contribution in [0.5, 0.6) is 5.75 Å². The van der Waals surface area contributed by atoms with Crippen molar-refractivity contribution in [3.63, 3.8) is 0 Å². The molecule has 0 bridgehead atoms. The highest BCUT2D eigenvalue weighted by molar-refractivity contribution is 7.93. The summed E-state index contributed by atoms with van der Waals surface area (Å²) in [6, 6.07) is 8.19. The fourth-order valence-electron chi connectivity index (χ4n) is 3.47. The number of carbonyl (C=O) groups is 1. The fourth-order valence-corrected chi connectivity index (χ4v) is 5.94. The summed E-state index contributed by atoms with van der Waals surface area (Å²) in [7, 11) is -3.76. The smallest absolute Gasteiger partial charge is 0.408 e. The monoisotopic (exact) mass is 561 g/mol. The standard InChI is InChI=1S/C26H35N5O5S2/c1-8-35-19-10-9-11-20(15-19)38(33,34)22-16-27-23(37-22)30-21-14-18(28-17(2)29-21)12-13-26(6,7)31-24(32)36-25(3,4)5/h9-11,14-16H,8,12-13H2,1-7H3,(H,31,32)(H,27,28,29,30). The first-order valence-corrected chi connectivity index (χ1v) is 14.5. The van der Waals surface area contributed by atoms with E-state index in [4.69, 9.17) is 9.47 Å². The minimum absolute atomic E-state index is 0.106. The highest BCUT2D eigenvalue weighted by atomic mass is 32.2. The van der Waals surface area contributed by atoms with E-state index in [1.807, 2.05) is 41.5 Å². The van der Waals surface area contributed by atoms with Crippen LogP contribution in [0.25, 0.3) is 0 Å². The number of ether oxygens (including phenoxy) is 2.